The number of aryl methyl sites for hydroxylation is 1. The van der Waals surface area contributed by atoms with Crippen LogP contribution < -0.4 is 5.43 Å². The van der Waals surface area contributed by atoms with Crippen LogP contribution in [-0.4, -0.2) is 58.0 Å². The molecule has 8 nitrogen and oxygen atoms in total. The number of hydrogen-bond donors (Lipinski definition) is 1. The third-order valence-electron chi connectivity index (χ3n) is 4.86. The topological polar surface area (TPSA) is 93.0 Å². The summed E-state index contributed by atoms with van der Waals surface area (Å²) in [5.74, 6) is -0.422. The second kappa shape index (κ2) is 9.02. The number of halogens is 6. The molecule has 3 aromatic rings. The number of sulfone groups is 1. The Balaban J connectivity index is 2.13. The average Bonchev–Trinajstić information content (AvgIpc) is 3.07. The maximum atomic E-state index is 13.0. The molecule has 0 fully saturated rings. The molecule has 0 aliphatic carbocycles. The summed E-state index contributed by atoms with van der Waals surface area (Å²) in [6.45, 7) is 1.51. The number of nitrogens with zero attached hydrogens (tertiary/aromatic N) is 5. The lowest BCUT2D eigenvalue weighted by molar-refractivity contribution is -0.142. The Hall–Kier alpha value is -2.94. The smallest absolute Gasteiger partial charge is 0.317 e. The molecule has 0 amide bonds. The highest BCUT2D eigenvalue weighted by molar-refractivity contribution is 7.91. The van der Waals surface area contributed by atoms with Crippen molar-refractivity contribution in [2.24, 2.45) is 7.05 Å². The Morgan fingerprint density at radius 3 is 2.29 bits per heavy atom. The van der Waals surface area contributed by atoms with Crippen molar-refractivity contribution >= 4 is 26.7 Å². The fraction of sp³-hybridized carbons (Fsp3) is 0.421. The number of hydrazine groups is 1. The van der Waals surface area contributed by atoms with Crippen molar-refractivity contribution < 1.29 is 34.8 Å². The number of nitrogens with one attached hydrogen (secondary N) is 1. The van der Waals surface area contributed by atoms with Gasteiger partial charge in [0.15, 0.2) is 21.3 Å². The van der Waals surface area contributed by atoms with Gasteiger partial charge in [-0.15, -0.1) is 0 Å². The van der Waals surface area contributed by atoms with Crippen LogP contribution in [0.3, 0.4) is 0 Å². The van der Waals surface area contributed by atoms with E-state index in [9.17, 15) is 34.8 Å². The average molecular weight is 510 g/mol. The molecule has 0 aliphatic heterocycles. The van der Waals surface area contributed by atoms with Crippen molar-refractivity contribution in [3.05, 3.63) is 30.1 Å². The van der Waals surface area contributed by atoms with Crippen LogP contribution in [0.1, 0.15) is 19.4 Å². The van der Waals surface area contributed by atoms with E-state index in [2.05, 4.69) is 20.4 Å². The van der Waals surface area contributed by atoms with Crippen molar-refractivity contribution in [2.45, 2.75) is 31.1 Å². The maximum absolute atomic E-state index is 13.0. The Morgan fingerprint density at radius 2 is 1.74 bits per heavy atom. The largest absolute Gasteiger partial charge is 0.417 e. The maximum Gasteiger partial charge on any atom is 0.417 e. The summed E-state index contributed by atoms with van der Waals surface area (Å²) in [5.41, 5.74) is 1.22. The highest BCUT2D eigenvalue weighted by atomic mass is 32.2. The molecule has 0 aliphatic rings. The summed E-state index contributed by atoms with van der Waals surface area (Å²) in [4.78, 5) is 11.7. The lowest BCUT2D eigenvalue weighted by Gasteiger charge is -2.24. The number of hydrogen-bond acceptors (Lipinski definition) is 7. The van der Waals surface area contributed by atoms with Crippen LogP contribution in [0.4, 0.5) is 32.0 Å². The molecular weight excluding hydrogens is 490 g/mol. The van der Waals surface area contributed by atoms with Crippen molar-refractivity contribution in [3.8, 4) is 11.5 Å². The molecule has 0 aromatic carbocycles. The minimum atomic E-state index is -4.65. The van der Waals surface area contributed by atoms with Crippen LogP contribution in [0.25, 0.3) is 22.7 Å². The lowest BCUT2D eigenvalue weighted by atomic mass is 10.2. The van der Waals surface area contributed by atoms with Crippen LogP contribution in [0.15, 0.2) is 29.4 Å². The first-order chi connectivity index (χ1) is 15.7. The fourth-order valence-electron chi connectivity index (χ4n) is 3.14. The second-order valence-electron chi connectivity index (χ2n) is 7.27. The summed E-state index contributed by atoms with van der Waals surface area (Å²) in [7, 11) is -2.53. The number of aromatic nitrogens is 4. The molecule has 0 unspecified atom stereocenters. The van der Waals surface area contributed by atoms with Gasteiger partial charge in [-0.1, -0.05) is 13.8 Å². The van der Waals surface area contributed by atoms with Crippen molar-refractivity contribution in [3.63, 3.8) is 0 Å². The van der Waals surface area contributed by atoms with E-state index in [0.717, 1.165) is 23.3 Å². The molecule has 186 valence electrons. The Bertz CT molecular complexity index is 1300. The van der Waals surface area contributed by atoms with Gasteiger partial charge in [-0.2, -0.15) is 26.3 Å². The molecule has 3 aromatic heterocycles. The summed E-state index contributed by atoms with van der Waals surface area (Å²) >= 11 is 0. The number of anilines is 1. The molecule has 0 radical (unpaired) electrons. The van der Waals surface area contributed by atoms with E-state index < -0.39 is 34.3 Å². The molecule has 15 heteroatoms. The van der Waals surface area contributed by atoms with Gasteiger partial charge < -0.3 is 9.99 Å². The summed E-state index contributed by atoms with van der Waals surface area (Å²) in [5, 5.41) is 0.830. The van der Waals surface area contributed by atoms with E-state index in [1.165, 1.54) is 25.5 Å². The first-order valence-electron chi connectivity index (χ1n) is 9.87. The first kappa shape index (κ1) is 25.7. The number of alkyl halides is 6. The minimum Gasteiger partial charge on any atom is -0.317 e. The van der Waals surface area contributed by atoms with Gasteiger partial charge in [0.25, 0.3) is 0 Å². The fourth-order valence-corrected chi connectivity index (χ4v) is 4.19. The van der Waals surface area contributed by atoms with Crippen LogP contribution in [0, 0.1) is 0 Å². The standard InChI is InChI=1S/C19H20F6N6O2S/c1-4-31(10-18(20,21)22)29-12-7-14(34(32,33)5-2)15(26-9-12)17-28-13-6-11(19(23,24)25)8-27-16(13)30(17)3/h6-9,29H,4-5,10H2,1-3H3. The van der Waals surface area contributed by atoms with Gasteiger partial charge in [0, 0.05) is 19.8 Å². The Labute approximate surface area is 190 Å². The summed E-state index contributed by atoms with van der Waals surface area (Å²) in [6.07, 6.45) is -7.39. The molecular formula is C19H20F6N6O2S. The number of rotatable bonds is 7. The quantitative estimate of drug-likeness (QED) is 0.379. The molecule has 3 rings (SSSR count). The molecule has 34 heavy (non-hydrogen) atoms. The summed E-state index contributed by atoms with van der Waals surface area (Å²) in [6, 6.07) is 1.90. The second-order valence-corrected chi connectivity index (χ2v) is 9.52. The predicted octanol–water partition coefficient (Wildman–Crippen LogP) is 4.05. The molecule has 0 atom stereocenters. The normalized spacial score (nSPS) is 13.1. The van der Waals surface area contributed by atoms with Crippen molar-refractivity contribution in [1.29, 1.82) is 0 Å². The number of imidazole rings is 1. The van der Waals surface area contributed by atoms with Gasteiger partial charge in [-0.25, -0.2) is 28.4 Å². The first-order valence-corrected chi connectivity index (χ1v) is 11.5. The Morgan fingerprint density at radius 1 is 1.06 bits per heavy atom. The van der Waals surface area contributed by atoms with E-state index in [1.807, 2.05) is 0 Å². The summed E-state index contributed by atoms with van der Waals surface area (Å²) < 4.78 is 104. The number of fused-ring (bicyclic) bond motifs is 1. The SMILES string of the molecule is CCN(CC(F)(F)F)Nc1cnc(-c2nc3cc(C(F)(F)F)cnc3n2C)c(S(=O)(=O)CC)c1. The highest BCUT2D eigenvalue weighted by Crippen LogP contribution is 2.33. The molecule has 3 heterocycles. The van der Waals surface area contributed by atoms with Gasteiger partial charge in [0.2, 0.25) is 0 Å². The predicted molar refractivity (Wildman–Crippen MR) is 111 cm³/mol. The van der Waals surface area contributed by atoms with E-state index in [4.69, 9.17) is 0 Å². The van der Waals surface area contributed by atoms with Crippen LogP contribution >= 0.6 is 0 Å². The molecule has 0 saturated carbocycles. The van der Waals surface area contributed by atoms with Crippen LogP contribution in [0.5, 0.6) is 0 Å². The third-order valence-corrected chi connectivity index (χ3v) is 6.60. The molecule has 1 N–H and O–H groups in total. The minimum absolute atomic E-state index is 0.0156. The van der Waals surface area contributed by atoms with Crippen LogP contribution in [0.2, 0.25) is 0 Å². The zero-order chi connectivity index (χ0) is 25.5. The molecule has 0 saturated heterocycles. The molecule has 0 spiro atoms. The van der Waals surface area contributed by atoms with E-state index >= 15 is 0 Å². The van der Waals surface area contributed by atoms with Crippen LogP contribution in [-0.2, 0) is 23.1 Å². The third kappa shape index (κ3) is 5.41. The van der Waals surface area contributed by atoms with Crippen molar-refractivity contribution in [1.82, 2.24) is 24.5 Å². The Kier molecular flexibility index (Phi) is 6.81. The van der Waals surface area contributed by atoms with E-state index in [-0.39, 0.29) is 45.6 Å². The van der Waals surface area contributed by atoms with E-state index in [1.54, 1.807) is 0 Å². The van der Waals surface area contributed by atoms with Crippen molar-refractivity contribution in [2.75, 3.05) is 24.3 Å². The monoisotopic (exact) mass is 510 g/mol. The zero-order valence-electron chi connectivity index (χ0n) is 18.2. The van der Waals surface area contributed by atoms with Gasteiger partial charge in [-0.05, 0) is 12.1 Å². The van der Waals surface area contributed by atoms with Gasteiger partial charge in [0.1, 0.15) is 17.8 Å². The van der Waals surface area contributed by atoms with E-state index in [0.29, 0.717) is 6.20 Å². The highest BCUT2D eigenvalue weighted by Gasteiger charge is 2.33. The molecule has 0 bridgehead atoms. The number of pyridine rings is 2. The van der Waals surface area contributed by atoms with Gasteiger partial charge in [-0.3, -0.25) is 0 Å². The lowest BCUT2D eigenvalue weighted by Crippen LogP contribution is -2.38. The van der Waals surface area contributed by atoms with Gasteiger partial charge in [0.05, 0.1) is 28.1 Å². The van der Waals surface area contributed by atoms with Gasteiger partial charge >= 0.3 is 12.4 Å². The zero-order valence-corrected chi connectivity index (χ0v) is 19.0.